The second-order valence-electron chi connectivity index (χ2n) is 5.73. The van der Waals surface area contributed by atoms with Crippen LogP contribution in [0.4, 0.5) is 0 Å². The Morgan fingerprint density at radius 1 is 1.21 bits per heavy atom. The number of hydrogen-bond acceptors (Lipinski definition) is 1. The Morgan fingerprint density at radius 2 is 1.86 bits per heavy atom. The maximum absolute atomic E-state index is 2.74. The molecule has 1 unspecified atom stereocenters. The van der Waals surface area contributed by atoms with Crippen LogP contribution in [0.2, 0.25) is 0 Å². The number of nitrogens with zero attached hydrogens (tertiary/aromatic N) is 1. The van der Waals surface area contributed by atoms with Crippen LogP contribution in [0.25, 0.3) is 0 Å². The second kappa shape index (κ2) is 4.22. The minimum Gasteiger partial charge on any atom is -0.297 e. The monoisotopic (exact) mass is 197 g/mol. The Morgan fingerprint density at radius 3 is 2.29 bits per heavy atom. The Balaban J connectivity index is 2.86. The highest BCUT2D eigenvalue weighted by atomic mass is 15.2. The molecule has 1 heteroatoms. The van der Waals surface area contributed by atoms with Gasteiger partial charge < -0.3 is 0 Å². The van der Waals surface area contributed by atoms with E-state index in [2.05, 4.69) is 39.5 Å². The maximum Gasteiger partial charge on any atom is 0.0255 e. The maximum atomic E-state index is 2.74. The third-order valence-corrected chi connectivity index (χ3v) is 4.10. The van der Waals surface area contributed by atoms with Crippen LogP contribution in [-0.2, 0) is 0 Å². The molecule has 0 N–H and O–H groups in total. The van der Waals surface area contributed by atoms with Crippen molar-refractivity contribution in [1.29, 1.82) is 0 Å². The van der Waals surface area contributed by atoms with Gasteiger partial charge in [-0.1, -0.05) is 34.6 Å². The van der Waals surface area contributed by atoms with E-state index in [1.807, 2.05) is 0 Å². The van der Waals surface area contributed by atoms with Gasteiger partial charge in [0.2, 0.25) is 0 Å². The zero-order valence-electron chi connectivity index (χ0n) is 10.7. The van der Waals surface area contributed by atoms with Crippen LogP contribution in [0.3, 0.4) is 0 Å². The van der Waals surface area contributed by atoms with Crippen molar-refractivity contribution in [3.8, 4) is 0 Å². The van der Waals surface area contributed by atoms with Crippen LogP contribution in [-0.4, -0.2) is 23.5 Å². The van der Waals surface area contributed by atoms with E-state index in [4.69, 9.17) is 0 Å². The molecule has 0 aromatic rings. The lowest BCUT2D eigenvalue weighted by atomic mass is 9.70. The van der Waals surface area contributed by atoms with Crippen LogP contribution in [0, 0.1) is 5.41 Å². The molecule has 0 bridgehead atoms. The molecule has 1 nitrogen and oxygen atoms in total. The molecular formula is C13H27N. The van der Waals surface area contributed by atoms with E-state index >= 15 is 0 Å². The van der Waals surface area contributed by atoms with Gasteiger partial charge in [-0.3, -0.25) is 4.90 Å². The molecule has 0 saturated carbocycles. The fraction of sp³-hybridized carbons (Fsp3) is 1.00. The van der Waals surface area contributed by atoms with E-state index in [1.54, 1.807) is 0 Å². The van der Waals surface area contributed by atoms with Crippen molar-refractivity contribution in [3.05, 3.63) is 0 Å². The van der Waals surface area contributed by atoms with Gasteiger partial charge in [0.25, 0.3) is 0 Å². The normalized spacial score (nSPS) is 29.8. The molecule has 1 aliphatic rings. The lowest BCUT2D eigenvalue weighted by Gasteiger charge is -2.48. The van der Waals surface area contributed by atoms with Crippen molar-refractivity contribution >= 4 is 0 Å². The van der Waals surface area contributed by atoms with Crippen molar-refractivity contribution < 1.29 is 0 Å². The first-order valence-corrected chi connectivity index (χ1v) is 6.23. The molecule has 1 atom stereocenters. The minimum absolute atomic E-state index is 0.424. The summed E-state index contributed by atoms with van der Waals surface area (Å²) >= 11 is 0. The average Bonchev–Trinajstić information content (AvgIpc) is 2.48. The van der Waals surface area contributed by atoms with Gasteiger partial charge in [0.05, 0.1) is 0 Å². The van der Waals surface area contributed by atoms with Crippen molar-refractivity contribution in [2.24, 2.45) is 5.41 Å². The summed E-state index contributed by atoms with van der Waals surface area (Å²) in [6.07, 6.45) is 5.38. The highest BCUT2D eigenvalue weighted by molar-refractivity contribution is 5.02. The standard InChI is InChI=1S/C13H27N/c1-6-10-14-11-8-9-13(14,7-2)12(3,4)5/h6-11H2,1-5H3. The lowest BCUT2D eigenvalue weighted by molar-refractivity contribution is 0.0228. The lowest BCUT2D eigenvalue weighted by Crippen LogP contribution is -2.53. The topological polar surface area (TPSA) is 3.24 Å². The molecular weight excluding hydrogens is 170 g/mol. The zero-order chi connectivity index (χ0) is 10.8. The van der Waals surface area contributed by atoms with Crippen LogP contribution in [0.15, 0.2) is 0 Å². The van der Waals surface area contributed by atoms with Gasteiger partial charge >= 0.3 is 0 Å². The first kappa shape index (κ1) is 12.0. The Kier molecular flexibility index (Phi) is 3.63. The summed E-state index contributed by atoms with van der Waals surface area (Å²) in [5.74, 6) is 0. The first-order valence-electron chi connectivity index (χ1n) is 6.23. The van der Waals surface area contributed by atoms with E-state index in [0.29, 0.717) is 11.0 Å². The third-order valence-electron chi connectivity index (χ3n) is 4.10. The molecule has 0 aromatic carbocycles. The van der Waals surface area contributed by atoms with Crippen LogP contribution in [0.1, 0.15) is 60.3 Å². The van der Waals surface area contributed by atoms with E-state index < -0.39 is 0 Å². The average molecular weight is 197 g/mol. The number of likely N-dealkylation sites (tertiary alicyclic amines) is 1. The molecule has 0 radical (unpaired) electrons. The van der Waals surface area contributed by atoms with Gasteiger partial charge in [0, 0.05) is 5.54 Å². The van der Waals surface area contributed by atoms with Crippen LogP contribution >= 0.6 is 0 Å². The fourth-order valence-corrected chi connectivity index (χ4v) is 3.31. The van der Waals surface area contributed by atoms with Crippen molar-refractivity contribution in [3.63, 3.8) is 0 Å². The Hall–Kier alpha value is -0.0400. The van der Waals surface area contributed by atoms with Gasteiger partial charge in [0.1, 0.15) is 0 Å². The summed E-state index contributed by atoms with van der Waals surface area (Å²) in [6.45, 7) is 14.5. The molecule has 0 amide bonds. The Bertz CT molecular complexity index is 180. The van der Waals surface area contributed by atoms with Crippen molar-refractivity contribution in [2.45, 2.75) is 65.8 Å². The smallest absolute Gasteiger partial charge is 0.0255 e. The van der Waals surface area contributed by atoms with E-state index in [0.717, 1.165) is 0 Å². The summed E-state index contributed by atoms with van der Waals surface area (Å²) in [5, 5.41) is 0. The zero-order valence-corrected chi connectivity index (χ0v) is 10.7. The summed E-state index contributed by atoms with van der Waals surface area (Å²) in [5.41, 5.74) is 0.899. The molecule has 84 valence electrons. The molecule has 0 aromatic heterocycles. The second-order valence-corrected chi connectivity index (χ2v) is 5.73. The number of rotatable bonds is 3. The molecule has 14 heavy (non-hydrogen) atoms. The van der Waals surface area contributed by atoms with Gasteiger partial charge in [-0.2, -0.15) is 0 Å². The molecule has 1 rings (SSSR count). The van der Waals surface area contributed by atoms with E-state index in [-0.39, 0.29) is 0 Å². The number of hydrogen-bond donors (Lipinski definition) is 0. The van der Waals surface area contributed by atoms with Gasteiger partial charge in [-0.05, 0) is 44.2 Å². The first-order chi connectivity index (χ1) is 6.48. The molecule has 1 saturated heterocycles. The molecule has 0 aliphatic carbocycles. The SMILES string of the molecule is CCCN1CCCC1(CC)C(C)(C)C. The third kappa shape index (κ3) is 1.84. The van der Waals surface area contributed by atoms with Crippen LogP contribution < -0.4 is 0 Å². The van der Waals surface area contributed by atoms with Gasteiger partial charge in [-0.25, -0.2) is 0 Å². The quantitative estimate of drug-likeness (QED) is 0.667. The predicted molar refractivity (Wildman–Crippen MR) is 63.6 cm³/mol. The Labute approximate surface area is 89.9 Å². The largest absolute Gasteiger partial charge is 0.297 e. The molecule has 1 fully saturated rings. The van der Waals surface area contributed by atoms with E-state index in [9.17, 15) is 0 Å². The highest BCUT2D eigenvalue weighted by Crippen LogP contribution is 2.45. The highest BCUT2D eigenvalue weighted by Gasteiger charge is 2.47. The van der Waals surface area contributed by atoms with E-state index in [1.165, 1.54) is 38.8 Å². The molecule has 0 spiro atoms. The van der Waals surface area contributed by atoms with Crippen molar-refractivity contribution in [2.75, 3.05) is 13.1 Å². The van der Waals surface area contributed by atoms with Gasteiger partial charge in [-0.15, -0.1) is 0 Å². The van der Waals surface area contributed by atoms with Crippen LogP contribution in [0.5, 0.6) is 0 Å². The summed E-state index contributed by atoms with van der Waals surface area (Å²) < 4.78 is 0. The summed E-state index contributed by atoms with van der Waals surface area (Å²) in [4.78, 5) is 2.74. The van der Waals surface area contributed by atoms with Gasteiger partial charge in [0.15, 0.2) is 0 Å². The minimum atomic E-state index is 0.424. The summed E-state index contributed by atoms with van der Waals surface area (Å²) in [6, 6.07) is 0. The van der Waals surface area contributed by atoms with Crippen molar-refractivity contribution in [1.82, 2.24) is 4.90 Å². The molecule has 1 heterocycles. The predicted octanol–water partition coefficient (Wildman–Crippen LogP) is 3.69. The fourth-order valence-electron chi connectivity index (χ4n) is 3.31. The molecule has 1 aliphatic heterocycles. The summed E-state index contributed by atoms with van der Waals surface area (Å²) in [7, 11) is 0.